The molecule has 2 heterocycles. The number of carbonyl (C=O) groups is 1. The van der Waals surface area contributed by atoms with Gasteiger partial charge in [-0.3, -0.25) is 4.79 Å². The Balaban J connectivity index is 1.34. The maximum Gasteiger partial charge on any atom is 0.223 e. The minimum absolute atomic E-state index is 0.0134. The molecule has 0 radical (unpaired) electrons. The van der Waals surface area contributed by atoms with E-state index in [0.29, 0.717) is 5.56 Å². The van der Waals surface area contributed by atoms with Crippen molar-refractivity contribution in [1.29, 1.82) is 0 Å². The molecule has 29 heavy (non-hydrogen) atoms. The van der Waals surface area contributed by atoms with Crippen molar-refractivity contribution in [2.45, 2.75) is 19.4 Å². The quantitative estimate of drug-likeness (QED) is 0.720. The highest BCUT2D eigenvalue weighted by molar-refractivity contribution is 5.79. The van der Waals surface area contributed by atoms with Crippen molar-refractivity contribution in [2.75, 3.05) is 18.0 Å². The third kappa shape index (κ3) is 4.59. The van der Waals surface area contributed by atoms with Crippen molar-refractivity contribution in [3.63, 3.8) is 0 Å². The van der Waals surface area contributed by atoms with Crippen LogP contribution in [0.3, 0.4) is 0 Å². The van der Waals surface area contributed by atoms with Gasteiger partial charge in [0.25, 0.3) is 0 Å². The minimum atomic E-state index is -0.291. The first kappa shape index (κ1) is 19.1. The van der Waals surface area contributed by atoms with Crippen molar-refractivity contribution < 1.29 is 9.18 Å². The van der Waals surface area contributed by atoms with E-state index in [9.17, 15) is 9.18 Å². The fourth-order valence-corrected chi connectivity index (χ4v) is 3.63. The Morgan fingerprint density at radius 2 is 1.76 bits per heavy atom. The smallest absolute Gasteiger partial charge is 0.223 e. The summed E-state index contributed by atoms with van der Waals surface area (Å²) in [6, 6.07) is 18.5. The number of halogens is 1. The van der Waals surface area contributed by atoms with Gasteiger partial charge >= 0.3 is 0 Å². The summed E-state index contributed by atoms with van der Waals surface area (Å²) in [6.07, 6.45) is 3.08. The zero-order chi connectivity index (χ0) is 20.1. The lowest BCUT2D eigenvalue weighted by Gasteiger charge is -2.32. The molecule has 0 saturated carbocycles. The van der Waals surface area contributed by atoms with E-state index in [1.165, 1.54) is 6.07 Å². The first-order valence-corrected chi connectivity index (χ1v) is 9.84. The monoisotopic (exact) mass is 390 g/mol. The molecule has 0 bridgehead atoms. The van der Waals surface area contributed by atoms with Crippen LogP contribution in [0.4, 0.5) is 10.2 Å². The van der Waals surface area contributed by atoms with Gasteiger partial charge in [0.05, 0.1) is 5.69 Å². The standard InChI is InChI=1S/C23H23FN4O/c24-20-9-5-4-8-19(20)15-25-23(29)18-10-12-28(13-11-18)22-14-21(26-16-27-22)17-6-2-1-3-7-17/h1-9,14,16,18H,10-13,15H2,(H,25,29). The summed E-state index contributed by atoms with van der Waals surface area (Å²) in [5, 5.41) is 2.87. The number of nitrogens with zero attached hydrogens (tertiary/aromatic N) is 3. The molecule has 1 aliphatic rings. The molecule has 1 fully saturated rings. The Hall–Kier alpha value is -3.28. The lowest BCUT2D eigenvalue weighted by Crippen LogP contribution is -2.40. The SMILES string of the molecule is O=C(NCc1ccccc1F)C1CCN(c2cc(-c3ccccc3)ncn2)CC1. The number of rotatable bonds is 5. The van der Waals surface area contributed by atoms with Crippen LogP contribution in [0.15, 0.2) is 67.0 Å². The van der Waals surface area contributed by atoms with E-state index in [-0.39, 0.29) is 24.2 Å². The van der Waals surface area contributed by atoms with Gasteiger partial charge in [0.15, 0.2) is 0 Å². The second-order valence-corrected chi connectivity index (χ2v) is 7.20. The molecule has 0 aliphatic carbocycles. The summed E-state index contributed by atoms with van der Waals surface area (Å²) in [5.41, 5.74) is 2.45. The normalized spacial score (nSPS) is 14.6. The molecule has 0 unspecified atom stereocenters. The molecule has 5 nitrogen and oxygen atoms in total. The Bertz CT molecular complexity index is 971. The largest absolute Gasteiger partial charge is 0.356 e. The summed E-state index contributed by atoms with van der Waals surface area (Å²) in [7, 11) is 0. The van der Waals surface area contributed by atoms with Gasteiger partial charge < -0.3 is 10.2 Å². The Kier molecular flexibility index (Phi) is 5.79. The van der Waals surface area contributed by atoms with Crippen molar-refractivity contribution in [3.05, 3.63) is 78.4 Å². The van der Waals surface area contributed by atoms with E-state index >= 15 is 0 Å². The average molecular weight is 390 g/mol. The van der Waals surface area contributed by atoms with Crippen LogP contribution >= 0.6 is 0 Å². The van der Waals surface area contributed by atoms with Crippen LogP contribution in [0.1, 0.15) is 18.4 Å². The number of benzene rings is 2. The van der Waals surface area contributed by atoms with Crippen LogP contribution in [0.5, 0.6) is 0 Å². The number of aromatic nitrogens is 2. The number of anilines is 1. The number of carbonyl (C=O) groups excluding carboxylic acids is 1. The third-order valence-corrected chi connectivity index (χ3v) is 5.32. The van der Waals surface area contributed by atoms with Crippen LogP contribution in [-0.2, 0) is 11.3 Å². The second-order valence-electron chi connectivity index (χ2n) is 7.20. The molecular formula is C23H23FN4O. The predicted molar refractivity (Wildman–Crippen MR) is 111 cm³/mol. The molecule has 148 valence electrons. The van der Waals surface area contributed by atoms with Gasteiger partial charge in [-0.1, -0.05) is 48.5 Å². The van der Waals surface area contributed by atoms with Crippen LogP contribution in [0.25, 0.3) is 11.3 Å². The fourth-order valence-electron chi connectivity index (χ4n) is 3.63. The minimum Gasteiger partial charge on any atom is -0.356 e. The van der Waals surface area contributed by atoms with Crippen LogP contribution < -0.4 is 10.2 Å². The number of hydrogen-bond acceptors (Lipinski definition) is 4. The topological polar surface area (TPSA) is 58.1 Å². The van der Waals surface area contributed by atoms with Crippen LogP contribution in [0.2, 0.25) is 0 Å². The average Bonchev–Trinajstić information content (AvgIpc) is 2.79. The highest BCUT2D eigenvalue weighted by Crippen LogP contribution is 2.25. The van der Waals surface area contributed by atoms with Gasteiger partial charge in [-0.15, -0.1) is 0 Å². The number of amides is 1. The lowest BCUT2D eigenvalue weighted by molar-refractivity contribution is -0.125. The molecule has 0 atom stereocenters. The maximum atomic E-state index is 13.7. The zero-order valence-electron chi connectivity index (χ0n) is 16.1. The van der Waals surface area contributed by atoms with Crippen molar-refractivity contribution in [1.82, 2.24) is 15.3 Å². The molecule has 6 heteroatoms. The fraction of sp³-hybridized carbons (Fsp3) is 0.261. The maximum absolute atomic E-state index is 13.7. The van der Waals surface area contributed by atoms with E-state index in [2.05, 4.69) is 20.2 Å². The molecule has 1 aromatic heterocycles. The lowest BCUT2D eigenvalue weighted by atomic mass is 9.95. The van der Waals surface area contributed by atoms with Gasteiger partial charge in [0, 0.05) is 42.7 Å². The summed E-state index contributed by atoms with van der Waals surface area (Å²) >= 11 is 0. The third-order valence-electron chi connectivity index (χ3n) is 5.32. The molecular weight excluding hydrogens is 367 g/mol. The van der Waals surface area contributed by atoms with Gasteiger partial charge in [0.1, 0.15) is 18.0 Å². The zero-order valence-corrected chi connectivity index (χ0v) is 16.1. The summed E-state index contributed by atoms with van der Waals surface area (Å²) in [5.74, 6) is 0.513. The molecule has 3 aromatic rings. The highest BCUT2D eigenvalue weighted by Gasteiger charge is 2.25. The van der Waals surface area contributed by atoms with Crippen LogP contribution in [0, 0.1) is 11.7 Å². The van der Waals surface area contributed by atoms with Crippen molar-refractivity contribution >= 4 is 11.7 Å². The van der Waals surface area contributed by atoms with Crippen LogP contribution in [-0.4, -0.2) is 29.0 Å². The van der Waals surface area contributed by atoms with Gasteiger partial charge in [-0.2, -0.15) is 0 Å². The molecule has 1 aliphatic heterocycles. The van der Waals surface area contributed by atoms with E-state index < -0.39 is 0 Å². The first-order valence-electron chi connectivity index (χ1n) is 9.84. The molecule has 0 spiro atoms. The van der Waals surface area contributed by atoms with Crippen molar-refractivity contribution in [3.8, 4) is 11.3 Å². The summed E-state index contributed by atoms with van der Waals surface area (Å²) < 4.78 is 13.7. The van der Waals surface area contributed by atoms with E-state index in [0.717, 1.165) is 43.0 Å². The summed E-state index contributed by atoms with van der Waals surface area (Å²) in [4.78, 5) is 23.5. The molecule has 4 rings (SSSR count). The van der Waals surface area contributed by atoms with Gasteiger partial charge in [0.2, 0.25) is 5.91 Å². The second kappa shape index (κ2) is 8.82. The van der Waals surface area contributed by atoms with Gasteiger partial charge in [-0.25, -0.2) is 14.4 Å². The predicted octanol–water partition coefficient (Wildman–Crippen LogP) is 3.82. The van der Waals surface area contributed by atoms with Gasteiger partial charge in [-0.05, 0) is 18.9 Å². The summed E-state index contributed by atoms with van der Waals surface area (Å²) in [6.45, 7) is 1.73. The Labute approximate surface area is 169 Å². The molecule has 2 aromatic carbocycles. The van der Waals surface area contributed by atoms with E-state index in [1.807, 2.05) is 36.4 Å². The Morgan fingerprint density at radius 3 is 2.52 bits per heavy atom. The molecule has 1 N–H and O–H groups in total. The Morgan fingerprint density at radius 1 is 1.03 bits per heavy atom. The van der Waals surface area contributed by atoms with E-state index in [1.54, 1.807) is 24.5 Å². The number of piperidine rings is 1. The molecule has 1 saturated heterocycles. The number of nitrogens with one attached hydrogen (secondary N) is 1. The highest BCUT2D eigenvalue weighted by atomic mass is 19.1. The molecule has 1 amide bonds. The van der Waals surface area contributed by atoms with Crippen molar-refractivity contribution in [2.24, 2.45) is 5.92 Å². The first-order chi connectivity index (χ1) is 14.2. The number of hydrogen-bond donors (Lipinski definition) is 1. The van der Waals surface area contributed by atoms with E-state index in [4.69, 9.17) is 0 Å².